The van der Waals surface area contributed by atoms with Crippen molar-refractivity contribution in [3.63, 3.8) is 0 Å². The minimum Gasteiger partial charge on any atom is -0.492 e. The van der Waals surface area contributed by atoms with Gasteiger partial charge in [-0.3, -0.25) is 28.6 Å². The zero-order valence-electron chi connectivity index (χ0n) is 34.2. The van der Waals surface area contributed by atoms with Crippen LogP contribution in [0, 0.1) is 11.3 Å². The lowest BCUT2D eigenvalue weighted by atomic mass is 9.91. The third-order valence-corrected chi connectivity index (χ3v) is 14.4. The first-order chi connectivity index (χ1) is 28.0. The predicted molar refractivity (Wildman–Crippen MR) is 220 cm³/mol. The normalized spacial score (nSPS) is 26.3. The molecule has 2 N–H and O–H groups in total. The van der Waals surface area contributed by atoms with Gasteiger partial charge in [0.15, 0.2) is 5.78 Å². The number of hydrogen-bond acceptors (Lipinski definition) is 11. The molecular weight excluding hydrogens is 800 g/mol. The maximum absolute atomic E-state index is 14.8. The Morgan fingerprint density at radius 1 is 1.10 bits per heavy atom. The van der Waals surface area contributed by atoms with Gasteiger partial charge < -0.3 is 24.4 Å². The minimum absolute atomic E-state index is 0.0184. The first-order valence-corrected chi connectivity index (χ1v) is 22.4. The van der Waals surface area contributed by atoms with Crippen LogP contribution in [0.5, 0.6) is 17.4 Å². The fraction of sp³-hybridized carbons (Fsp3) is 0.571. The molecule has 5 atom stereocenters. The molecule has 15 nitrogen and oxygen atoms in total. The third kappa shape index (κ3) is 8.93. The zero-order chi connectivity index (χ0) is 42.3. The summed E-state index contributed by atoms with van der Waals surface area (Å²) in [4.78, 5) is 63.1. The van der Waals surface area contributed by atoms with Crippen molar-refractivity contribution in [2.24, 2.45) is 18.4 Å². The van der Waals surface area contributed by atoms with Crippen molar-refractivity contribution in [2.75, 3.05) is 13.2 Å². The second-order valence-corrected chi connectivity index (χ2v) is 19.3. The molecule has 0 unspecified atom stereocenters. The molecule has 4 aliphatic rings. The second kappa shape index (κ2) is 16.7. The molecule has 3 fully saturated rings. The number of amides is 3. The first-order valence-electron chi connectivity index (χ1n) is 20.5. The summed E-state index contributed by atoms with van der Waals surface area (Å²) < 4.78 is 47.7. The molecule has 2 aromatic heterocycles. The van der Waals surface area contributed by atoms with E-state index in [-0.39, 0.29) is 48.0 Å². The van der Waals surface area contributed by atoms with Crippen LogP contribution >= 0.6 is 11.6 Å². The summed E-state index contributed by atoms with van der Waals surface area (Å²) in [5.41, 5.74) is -0.764. The molecule has 0 spiro atoms. The van der Waals surface area contributed by atoms with Gasteiger partial charge >= 0.3 is 0 Å². The number of ketones is 1. The first kappa shape index (κ1) is 42.4. The number of nitrogens with zero attached hydrogens (tertiary/aromatic N) is 4. The van der Waals surface area contributed by atoms with E-state index in [9.17, 15) is 27.6 Å². The number of carbonyl (C=O) groups is 4. The van der Waals surface area contributed by atoms with Crippen molar-refractivity contribution >= 4 is 56.0 Å². The van der Waals surface area contributed by atoms with Gasteiger partial charge in [0.1, 0.15) is 39.9 Å². The number of aromatic nitrogens is 3. The quantitative estimate of drug-likeness (QED) is 0.234. The average molecular weight is 853 g/mol. The summed E-state index contributed by atoms with van der Waals surface area (Å²) in [5, 5.41) is 7.93. The molecule has 2 aliphatic heterocycles. The highest BCUT2D eigenvalue weighted by Gasteiger charge is 2.62. The number of halogens is 1. The van der Waals surface area contributed by atoms with Gasteiger partial charge in [0.25, 0.3) is 5.91 Å². The summed E-state index contributed by atoms with van der Waals surface area (Å²) >= 11 is 6.80. The number of aryl methyl sites for hydroxylation is 1. The van der Waals surface area contributed by atoms with Crippen LogP contribution in [0.4, 0.5) is 0 Å². The lowest BCUT2D eigenvalue weighted by molar-refractivity contribution is -0.140. The Kier molecular flexibility index (Phi) is 12.0. The fourth-order valence-electron chi connectivity index (χ4n) is 8.09. The third-order valence-electron chi connectivity index (χ3n) is 11.9. The van der Waals surface area contributed by atoms with Crippen LogP contribution in [0.3, 0.4) is 0 Å². The summed E-state index contributed by atoms with van der Waals surface area (Å²) in [6, 6.07) is 4.67. The van der Waals surface area contributed by atoms with E-state index >= 15 is 0 Å². The van der Waals surface area contributed by atoms with Crippen LogP contribution in [0.25, 0.3) is 10.9 Å². The lowest BCUT2D eigenvalue weighted by Gasteiger charge is -2.29. The number of benzene rings is 1. The van der Waals surface area contributed by atoms with Crippen LogP contribution in [-0.4, -0.2) is 93.8 Å². The van der Waals surface area contributed by atoms with Crippen LogP contribution in [0.1, 0.15) is 102 Å². The Balaban J connectivity index is 1.23. The molecule has 3 aromatic rings. The monoisotopic (exact) mass is 852 g/mol. The number of rotatable bonds is 11. The molecule has 3 amide bonds. The Morgan fingerprint density at radius 2 is 1.88 bits per heavy atom. The van der Waals surface area contributed by atoms with Crippen molar-refractivity contribution < 1.29 is 41.8 Å². The molecule has 4 heterocycles. The van der Waals surface area contributed by atoms with E-state index in [0.29, 0.717) is 67.5 Å². The molecular formula is C42H53ClN6O9S. The highest BCUT2D eigenvalue weighted by Crippen LogP contribution is 2.57. The zero-order valence-corrected chi connectivity index (χ0v) is 35.7. The number of pyridine rings is 1. The Morgan fingerprint density at radius 3 is 2.58 bits per heavy atom. The fourth-order valence-corrected chi connectivity index (χ4v) is 9.68. The number of hydrogen-bond donors (Lipinski definition) is 2. The van der Waals surface area contributed by atoms with Crippen LogP contribution < -0.4 is 24.2 Å². The molecule has 2 aliphatic carbocycles. The van der Waals surface area contributed by atoms with Crippen LogP contribution in [0.2, 0.25) is 5.02 Å². The summed E-state index contributed by atoms with van der Waals surface area (Å²) in [6.45, 7) is 7.54. The maximum Gasteiger partial charge on any atom is 0.272 e. The van der Waals surface area contributed by atoms with Crippen LogP contribution in [-0.2, 0) is 31.5 Å². The standard InChI is InChI=1S/C42H53ClN6O9S/c1-6-56-33-15-14-28-34(21-35(57-25(2)3)45-37(28)36(33)43)58-27-20-31-32(50)23-42(40(53)47-59(54,55)41(4)17-18-41)22-26(42)12-10-8-7-9-11-13-30(39(52)49(31)24-27)44-38(51)29-16-19-48(5)46-29/h10,12,14-16,19,21,25-27,30-31H,6-9,11,13,17-18,20,22-24H2,1-5H3,(H,44,51)(H,47,53)/b12-10-/t26-,27+,30-,31-,42+/m0/s1. The van der Waals surface area contributed by atoms with E-state index in [1.165, 1.54) is 9.58 Å². The van der Waals surface area contributed by atoms with Crippen molar-refractivity contribution in [2.45, 2.75) is 121 Å². The van der Waals surface area contributed by atoms with E-state index < -0.39 is 61.9 Å². The molecule has 59 heavy (non-hydrogen) atoms. The van der Waals surface area contributed by atoms with E-state index in [1.54, 1.807) is 44.4 Å². The highest BCUT2D eigenvalue weighted by molar-refractivity contribution is 7.91. The summed E-state index contributed by atoms with van der Waals surface area (Å²) in [6.07, 6.45) is 8.76. The van der Waals surface area contributed by atoms with Gasteiger partial charge in [-0.05, 0) is 90.3 Å². The molecule has 0 radical (unpaired) electrons. The van der Waals surface area contributed by atoms with Crippen molar-refractivity contribution in [3.05, 3.63) is 53.3 Å². The predicted octanol–water partition coefficient (Wildman–Crippen LogP) is 5.44. The van der Waals surface area contributed by atoms with Gasteiger partial charge in [0, 0.05) is 37.5 Å². The maximum atomic E-state index is 14.8. The average Bonchev–Trinajstić information content (AvgIpc) is 3.98. The number of sulfonamides is 1. The van der Waals surface area contributed by atoms with Gasteiger partial charge in [0.2, 0.25) is 27.7 Å². The number of Topliss-reactive ketones (excluding diaryl/α,β-unsaturated/α-hetero) is 1. The SMILES string of the molecule is CCOc1ccc2c(O[C@@H]3C[C@H]4C(=O)C[C@]5(C(=O)NS(=O)(=O)C6(C)CC6)C[C@@H]5/C=C\CCCCC[C@H](NC(=O)c5ccn(C)n5)C(=O)N4C3)cc(OC(C)C)nc2c1Cl. The van der Waals surface area contributed by atoms with Crippen LogP contribution in [0.15, 0.2) is 42.6 Å². The number of carbonyl (C=O) groups excluding carboxylic acids is 4. The smallest absolute Gasteiger partial charge is 0.272 e. The highest BCUT2D eigenvalue weighted by atomic mass is 35.5. The molecule has 1 aromatic carbocycles. The second-order valence-electron chi connectivity index (χ2n) is 16.8. The Labute approximate surface area is 349 Å². The summed E-state index contributed by atoms with van der Waals surface area (Å²) in [5.74, 6) is -1.38. The molecule has 2 saturated carbocycles. The minimum atomic E-state index is -3.98. The van der Waals surface area contributed by atoms with Gasteiger partial charge in [-0.25, -0.2) is 13.4 Å². The van der Waals surface area contributed by atoms with Gasteiger partial charge in [-0.15, -0.1) is 0 Å². The van der Waals surface area contributed by atoms with Gasteiger partial charge in [0.05, 0.1) is 35.5 Å². The van der Waals surface area contributed by atoms with Gasteiger partial charge in [-0.1, -0.05) is 36.6 Å². The van der Waals surface area contributed by atoms with Crippen molar-refractivity contribution in [3.8, 4) is 17.4 Å². The lowest BCUT2D eigenvalue weighted by Crippen LogP contribution is -2.52. The molecule has 17 heteroatoms. The van der Waals surface area contributed by atoms with Crippen molar-refractivity contribution in [1.29, 1.82) is 0 Å². The summed E-state index contributed by atoms with van der Waals surface area (Å²) in [7, 11) is -2.29. The largest absolute Gasteiger partial charge is 0.492 e. The molecule has 7 rings (SSSR count). The molecule has 318 valence electrons. The van der Waals surface area contributed by atoms with E-state index in [0.717, 1.165) is 12.8 Å². The van der Waals surface area contributed by atoms with E-state index in [4.69, 9.17) is 25.8 Å². The molecule has 0 bridgehead atoms. The number of fused-ring (bicyclic) bond motifs is 3. The number of ether oxygens (including phenoxy) is 3. The van der Waals surface area contributed by atoms with E-state index in [2.05, 4.69) is 20.1 Å². The Bertz CT molecular complexity index is 2270. The Hall–Kier alpha value is -4.70. The number of allylic oxidation sites excluding steroid dienone is 2. The van der Waals surface area contributed by atoms with E-state index in [1.807, 2.05) is 32.9 Å². The molecule has 1 saturated heterocycles. The topological polar surface area (TPSA) is 188 Å². The van der Waals surface area contributed by atoms with Gasteiger partial charge in [-0.2, -0.15) is 5.10 Å². The number of nitrogens with one attached hydrogen (secondary N) is 2. The van der Waals surface area contributed by atoms with Crippen molar-refractivity contribution in [1.82, 2.24) is 29.7 Å².